The Morgan fingerprint density at radius 3 is 2.31 bits per heavy atom. The van der Waals surface area contributed by atoms with Gasteiger partial charge < -0.3 is 15.5 Å². The SMILES string of the molecule is CN=C(NCc1ccc(N2CCN(CC3CC3)CC2)cc1)NC1CC1.I. The molecule has 0 bridgehead atoms. The lowest BCUT2D eigenvalue weighted by atomic mass is 10.1. The summed E-state index contributed by atoms with van der Waals surface area (Å²) >= 11 is 0. The number of aliphatic imine (C=N–C) groups is 1. The summed E-state index contributed by atoms with van der Waals surface area (Å²) < 4.78 is 0. The molecular weight excluding hydrogens is 437 g/mol. The molecule has 0 amide bonds. The van der Waals surface area contributed by atoms with Crippen LogP contribution >= 0.6 is 24.0 Å². The predicted octanol–water partition coefficient (Wildman–Crippen LogP) is 2.66. The van der Waals surface area contributed by atoms with Gasteiger partial charge in [-0.1, -0.05) is 12.1 Å². The third-order valence-electron chi connectivity index (χ3n) is 5.49. The van der Waals surface area contributed by atoms with Crippen LogP contribution < -0.4 is 15.5 Å². The molecule has 2 aliphatic carbocycles. The van der Waals surface area contributed by atoms with E-state index in [4.69, 9.17) is 0 Å². The van der Waals surface area contributed by atoms with Gasteiger partial charge in [-0.15, -0.1) is 24.0 Å². The molecule has 1 aromatic carbocycles. The lowest BCUT2D eigenvalue weighted by Crippen LogP contribution is -2.47. The molecule has 1 saturated heterocycles. The van der Waals surface area contributed by atoms with Gasteiger partial charge in [0.2, 0.25) is 0 Å². The number of piperazine rings is 1. The van der Waals surface area contributed by atoms with E-state index in [1.54, 1.807) is 0 Å². The number of hydrogen-bond donors (Lipinski definition) is 2. The van der Waals surface area contributed by atoms with Crippen LogP contribution in [0.25, 0.3) is 0 Å². The van der Waals surface area contributed by atoms with Gasteiger partial charge in [0, 0.05) is 58.0 Å². The normalized spacial score (nSPS) is 21.3. The van der Waals surface area contributed by atoms with Crippen LogP contribution in [0.5, 0.6) is 0 Å². The maximum atomic E-state index is 4.29. The first-order valence-corrected chi connectivity index (χ1v) is 9.83. The molecule has 1 heterocycles. The van der Waals surface area contributed by atoms with Crippen LogP contribution in [0.15, 0.2) is 29.3 Å². The number of hydrogen-bond acceptors (Lipinski definition) is 3. The van der Waals surface area contributed by atoms with Crippen LogP contribution in [0.4, 0.5) is 5.69 Å². The quantitative estimate of drug-likeness (QED) is 0.382. The van der Waals surface area contributed by atoms with Crippen molar-refractivity contribution in [2.75, 3.05) is 44.7 Å². The fourth-order valence-corrected chi connectivity index (χ4v) is 3.48. The Hall–Kier alpha value is -1.02. The molecule has 26 heavy (non-hydrogen) atoms. The molecule has 0 radical (unpaired) electrons. The Bertz CT molecular complexity index is 587. The van der Waals surface area contributed by atoms with Crippen LogP contribution in [-0.2, 0) is 6.54 Å². The topological polar surface area (TPSA) is 42.9 Å². The molecule has 5 nitrogen and oxygen atoms in total. The van der Waals surface area contributed by atoms with Crippen molar-refractivity contribution in [1.29, 1.82) is 0 Å². The first-order valence-electron chi connectivity index (χ1n) is 9.83. The van der Waals surface area contributed by atoms with Crippen molar-refractivity contribution in [1.82, 2.24) is 15.5 Å². The van der Waals surface area contributed by atoms with Gasteiger partial charge in [0.1, 0.15) is 0 Å². The molecule has 0 atom stereocenters. The highest BCUT2D eigenvalue weighted by molar-refractivity contribution is 14.0. The van der Waals surface area contributed by atoms with E-state index in [0.29, 0.717) is 6.04 Å². The number of benzene rings is 1. The number of guanidine groups is 1. The molecule has 4 rings (SSSR count). The first kappa shape index (κ1) is 19.7. The van der Waals surface area contributed by atoms with E-state index in [2.05, 4.69) is 49.7 Å². The minimum absolute atomic E-state index is 0. The molecule has 0 spiro atoms. The third kappa shape index (κ3) is 5.74. The number of nitrogens with zero attached hydrogens (tertiary/aromatic N) is 3. The summed E-state index contributed by atoms with van der Waals surface area (Å²) in [4.78, 5) is 9.45. The molecule has 0 aromatic heterocycles. The van der Waals surface area contributed by atoms with E-state index >= 15 is 0 Å². The second-order valence-electron chi connectivity index (χ2n) is 7.74. The zero-order valence-electron chi connectivity index (χ0n) is 15.8. The zero-order chi connectivity index (χ0) is 17.1. The Morgan fingerprint density at radius 2 is 1.73 bits per heavy atom. The van der Waals surface area contributed by atoms with Crippen LogP contribution in [0.2, 0.25) is 0 Å². The van der Waals surface area contributed by atoms with Crippen LogP contribution in [0.1, 0.15) is 31.2 Å². The van der Waals surface area contributed by atoms with Gasteiger partial charge in [-0.05, 0) is 49.3 Å². The first-order chi connectivity index (χ1) is 12.3. The summed E-state index contributed by atoms with van der Waals surface area (Å²) in [5, 5.41) is 6.83. The number of anilines is 1. The van der Waals surface area contributed by atoms with Gasteiger partial charge in [-0.25, -0.2) is 0 Å². The smallest absolute Gasteiger partial charge is 0.191 e. The predicted molar refractivity (Wildman–Crippen MR) is 120 cm³/mol. The molecule has 3 aliphatic rings. The van der Waals surface area contributed by atoms with Crippen molar-refractivity contribution in [2.45, 2.75) is 38.3 Å². The summed E-state index contributed by atoms with van der Waals surface area (Å²) in [5.41, 5.74) is 2.66. The summed E-state index contributed by atoms with van der Waals surface area (Å²) in [6.07, 6.45) is 5.44. The van der Waals surface area contributed by atoms with Crippen LogP contribution in [-0.4, -0.2) is 56.7 Å². The minimum atomic E-state index is 0. The Morgan fingerprint density at radius 1 is 1.04 bits per heavy atom. The zero-order valence-corrected chi connectivity index (χ0v) is 18.1. The van der Waals surface area contributed by atoms with E-state index in [9.17, 15) is 0 Å². The Kier molecular flexibility index (Phi) is 7.03. The summed E-state index contributed by atoms with van der Waals surface area (Å²) in [6.45, 7) is 6.88. The molecular formula is C20H32IN5. The standard InChI is InChI=1S/C20H31N5.HI/c1-21-20(23-18-6-7-18)22-14-16-4-8-19(9-5-16)25-12-10-24(11-13-25)15-17-2-3-17;/h4-5,8-9,17-18H,2-3,6-7,10-15H2,1H3,(H2,21,22,23);1H. The fraction of sp³-hybridized carbons (Fsp3) is 0.650. The molecule has 1 aliphatic heterocycles. The van der Waals surface area contributed by atoms with E-state index in [0.717, 1.165) is 31.5 Å². The molecule has 2 N–H and O–H groups in total. The van der Waals surface area contributed by atoms with Crippen molar-refractivity contribution in [2.24, 2.45) is 10.9 Å². The average Bonchev–Trinajstić information content (AvgIpc) is 3.56. The van der Waals surface area contributed by atoms with Crippen molar-refractivity contribution in [3.05, 3.63) is 29.8 Å². The maximum absolute atomic E-state index is 4.29. The van der Waals surface area contributed by atoms with Crippen molar-refractivity contribution >= 4 is 35.6 Å². The molecule has 1 aromatic rings. The second-order valence-corrected chi connectivity index (χ2v) is 7.74. The second kappa shape index (κ2) is 9.26. The molecule has 2 saturated carbocycles. The van der Waals surface area contributed by atoms with Crippen molar-refractivity contribution in [3.63, 3.8) is 0 Å². The highest BCUT2D eigenvalue weighted by atomic mass is 127. The molecule has 0 unspecified atom stereocenters. The van der Waals surface area contributed by atoms with Crippen LogP contribution in [0, 0.1) is 5.92 Å². The summed E-state index contributed by atoms with van der Waals surface area (Å²) in [6, 6.07) is 9.65. The fourth-order valence-electron chi connectivity index (χ4n) is 3.48. The molecule has 6 heteroatoms. The van der Waals surface area contributed by atoms with Gasteiger partial charge >= 0.3 is 0 Å². The van der Waals surface area contributed by atoms with Crippen molar-refractivity contribution in [3.8, 4) is 0 Å². The average molecular weight is 469 g/mol. The van der Waals surface area contributed by atoms with Gasteiger partial charge in [-0.2, -0.15) is 0 Å². The Labute approximate surface area is 174 Å². The monoisotopic (exact) mass is 469 g/mol. The third-order valence-corrected chi connectivity index (χ3v) is 5.49. The summed E-state index contributed by atoms with van der Waals surface area (Å²) in [7, 11) is 1.84. The molecule has 3 fully saturated rings. The summed E-state index contributed by atoms with van der Waals surface area (Å²) in [5.74, 6) is 1.92. The van der Waals surface area contributed by atoms with Crippen molar-refractivity contribution < 1.29 is 0 Å². The minimum Gasteiger partial charge on any atom is -0.369 e. The van der Waals surface area contributed by atoms with E-state index < -0.39 is 0 Å². The number of rotatable bonds is 6. The Balaban J connectivity index is 0.00000196. The van der Waals surface area contributed by atoms with Crippen LogP contribution in [0.3, 0.4) is 0 Å². The largest absolute Gasteiger partial charge is 0.369 e. The lowest BCUT2D eigenvalue weighted by Gasteiger charge is -2.36. The van der Waals surface area contributed by atoms with E-state index in [-0.39, 0.29) is 24.0 Å². The molecule has 144 valence electrons. The maximum Gasteiger partial charge on any atom is 0.191 e. The van der Waals surface area contributed by atoms with Gasteiger partial charge in [0.05, 0.1) is 0 Å². The van der Waals surface area contributed by atoms with Gasteiger partial charge in [0.25, 0.3) is 0 Å². The highest BCUT2D eigenvalue weighted by Crippen LogP contribution is 2.30. The lowest BCUT2D eigenvalue weighted by molar-refractivity contribution is 0.248. The van der Waals surface area contributed by atoms with E-state index in [1.165, 1.54) is 56.6 Å². The number of nitrogens with one attached hydrogen (secondary N) is 2. The van der Waals surface area contributed by atoms with Gasteiger partial charge in [0.15, 0.2) is 5.96 Å². The number of halogens is 1. The van der Waals surface area contributed by atoms with Gasteiger partial charge in [-0.3, -0.25) is 9.89 Å². The van der Waals surface area contributed by atoms with E-state index in [1.807, 2.05) is 7.05 Å². The highest BCUT2D eigenvalue weighted by Gasteiger charge is 2.26.